The molecule has 0 aliphatic rings. The second-order valence-electron chi connectivity index (χ2n) is 7.67. The monoisotopic (exact) mass is 409 g/mol. The van der Waals surface area contributed by atoms with Crippen LogP contribution in [0.15, 0.2) is 54.7 Å². The predicted octanol–water partition coefficient (Wildman–Crippen LogP) is 3.42. The Morgan fingerprint density at radius 1 is 0.967 bits per heavy atom. The van der Waals surface area contributed by atoms with Crippen LogP contribution in [0.5, 0.6) is 0 Å². The third-order valence-electron chi connectivity index (χ3n) is 5.45. The van der Waals surface area contributed by atoms with Gasteiger partial charge in [0, 0.05) is 43.2 Å². The fourth-order valence-electron chi connectivity index (χ4n) is 3.72. The lowest BCUT2D eigenvalue weighted by Crippen LogP contribution is -2.27. The first-order chi connectivity index (χ1) is 14.7. The van der Waals surface area contributed by atoms with E-state index >= 15 is 0 Å². The third-order valence-corrected chi connectivity index (χ3v) is 5.45. The SMILES string of the molecule is O=C(CCc1ccc(CN(CCCCO)CCc2c[nH]c3ccccc23)cc1)NO. The van der Waals surface area contributed by atoms with Crippen molar-refractivity contribution in [2.24, 2.45) is 0 Å². The van der Waals surface area contributed by atoms with Crippen LogP contribution >= 0.6 is 0 Å². The molecule has 0 spiro atoms. The number of rotatable bonds is 12. The van der Waals surface area contributed by atoms with E-state index in [4.69, 9.17) is 10.3 Å². The fourth-order valence-corrected chi connectivity index (χ4v) is 3.72. The van der Waals surface area contributed by atoms with E-state index in [0.717, 1.165) is 44.5 Å². The summed E-state index contributed by atoms with van der Waals surface area (Å²) < 4.78 is 0. The molecule has 0 unspecified atom stereocenters. The molecule has 0 fully saturated rings. The van der Waals surface area contributed by atoms with E-state index in [2.05, 4.69) is 46.4 Å². The van der Waals surface area contributed by atoms with Crippen LogP contribution in [0, 0.1) is 0 Å². The van der Waals surface area contributed by atoms with Crippen LogP contribution in [0.1, 0.15) is 36.0 Å². The van der Waals surface area contributed by atoms with Crippen LogP contribution in [0.4, 0.5) is 0 Å². The molecule has 6 nitrogen and oxygen atoms in total. The number of nitrogens with one attached hydrogen (secondary N) is 2. The average Bonchev–Trinajstić information content (AvgIpc) is 3.20. The van der Waals surface area contributed by atoms with Gasteiger partial charge in [0.05, 0.1) is 0 Å². The number of aromatic nitrogens is 1. The maximum atomic E-state index is 11.2. The topological polar surface area (TPSA) is 88.6 Å². The molecular weight excluding hydrogens is 378 g/mol. The van der Waals surface area contributed by atoms with Crippen molar-refractivity contribution >= 4 is 16.8 Å². The van der Waals surface area contributed by atoms with E-state index in [1.165, 1.54) is 22.0 Å². The van der Waals surface area contributed by atoms with Crippen LogP contribution < -0.4 is 5.48 Å². The number of hydrogen-bond donors (Lipinski definition) is 4. The van der Waals surface area contributed by atoms with Gasteiger partial charge in [-0.1, -0.05) is 42.5 Å². The smallest absolute Gasteiger partial charge is 0.243 e. The van der Waals surface area contributed by atoms with Gasteiger partial charge in [-0.25, -0.2) is 5.48 Å². The minimum absolute atomic E-state index is 0.229. The molecule has 0 bridgehead atoms. The molecule has 30 heavy (non-hydrogen) atoms. The number of fused-ring (bicyclic) bond motifs is 1. The lowest BCUT2D eigenvalue weighted by atomic mass is 10.1. The summed E-state index contributed by atoms with van der Waals surface area (Å²) in [6.45, 7) is 2.98. The normalized spacial score (nSPS) is 11.3. The number of aromatic amines is 1. The number of amides is 1. The molecule has 0 atom stereocenters. The Bertz CT molecular complexity index is 921. The molecule has 0 saturated carbocycles. The van der Waals surface area contributed by atoms with Crippen LogP contribution in [0.25, 0.3) is 10.9 Å². The Morgan fingerprint density at radius 2 is 1.73 bits per heavy atom. The number of unbranched alkanes of at least 4 members (excludes halogenated alkanes) is 1. The number of hydrogen-bond acceptors (Lipinski definition) is 4. The molecule has 160 valence electrons. The van der Waals surface area contributed by atoms with Crippen molar-refractivity contribution < 1.29 is 15.1 Å². The van der Waals surface area contributed by atoms with Crippen molar-refractivity contribution in [1.29, 1.82) is 0 Å². The maximum Gasteiger partial charge on any atom is 0.243 e. The quantitative estimate of drug-likeness (QED) is 0.210. The summed E-state index contributed by atoms with van der Waals surface area (Å²) in [4.78, 5) is 17.0. The van der Waals surface area contributed by atoms with Crippen molar-refractivity contribution in [2.75, 3.05) is 19.7 Å². The highest BCUT2D eigenvalue weighted by atomic mass is 16.5. The maximum absolute atomic E-state index is 11.2. The molecule has 1 amide bonds. The number of carbonyl (C=O) groups is 1. The first-order valence-electron chi connectivity index (χ1n) is 10.6. The van der Waals surface area contributed by atoms with Crippen molar-refractivity contribution in [1.82, 2.24) is 15.4 Å². The average molecular weight is 410 g/mol. The third kappa shape index (κ3) is 6.42. The Labute approximate surface area is 177 Å². The molecular formula is C24H31N3O3. The highest BCUT2D eigenvalue weighted by Crippen LogP contribution is 2.19. The molecule has 4 N–H and O–H groups in total. The number of benzene rings is 2. The van der Waals surface area contributed by atoms with E-state index in [0.29, 0.717) is 6.42 Å². The lowest BCUT2D eigenvalue weighted by molar-refractivity contribution is -0.129. The van der Waals surface area contributed by atoms with Gasteiger partial charge in [-0.3, -0.25) is 14.9 Å². The van der Waals surface area contributed by atoms with Gasteiger partial charge in [0.15, 0.2) is 0 Å². The van der Waals surface area contributed by atoms with E-state index in [9.17, 15) is 4.79 Å². The summed E-state index contributed by atoms with van der Waals surface area (Å²) >= 11 is 0. The first-order valence-corrected chi connectivity index (χ1v) is 10.6. The summed E-state index contributed by atoms with van der Waals surface area (Å²) in [7, 11) is 0. The molecule has 0 saturated heterocycles. The van der Waals surface area contributed by atoms with Gasteiger partial charge in [-0.15, -0.1) is 0 Å². The number of H-pyrrole nitrogens is 1. The van der Waals surface area contributed by atoms with E-state index < -0.39 is 0 Å². The molecule has 0 aliphatic heterocycles. The molecule has 6 heteroatoms. The van der Waals surface area contributed by atoms with Crippen molar-refractivity contribution in [3.63, 3.8) is 0 Å². The van der Waals surface area contributed by atoms with Crippen LogP contribution in [0.2, 0.25) is 0 Å². The molecule has 3 rings (SSSR count). The standard InChI is InChI=1S/C24H31N3O3/c28-16-4-3-14-27(15-13-21-17-25-23-6-2-1-5-22(21)23)18-20-9-7-19(8-10-20)11-12-24(29)26-30/h1-2,5-10,17,25,28,30H,3-4,11-16,18H2,(H,26,29). The van der Waals surface area contributed by atoms with Gasteiger partial charge in [0.1, 0.15) is 0 Å². The van der Waals surface area contributed by atoms with E-state index in [1.54, 1.807) is 5.48 Å². The highest BCUT2D eigenvalue weighted by Gasteiger charge is 2.10. The van der Waals surface area contributed by atoms with E-state index in [-0.39, 0.29) is 18.9 Å². The van der Waals surface area contributed by atoms with Crippen LogP contribution in [-0.2, 0) is 24.2 Å². The zero-order chi connectivity index (χ0) is 21.2. The zero-order valence-corrected chi connectivity index (χ0v) is 17.3. The molecule has 0 aliphatic carbocycles. The van der Waals surface area contributed by atoms with Gasteiger partial charge in [0.25, 0.3) is 0 Å². The number of hydroxylamine groups is 1. The molecule has 3 aromatic rings. The predicted molar refractivity (Wildman–Crippen MR) is 118 cm³/mol. The second kappa shape index (κ2) is 11.5. The van der Waals surface area contributed by atoms with Crippen molar-refractivity contribution in [3.05, 3.63) is 71.4 Å². The van der Waals surface area contributed by atoms with Crippen LogP contribution in [0.3, 0.4) is 0 Å². The Hall–Kier alpha value is -2.67. The van der Waals surface area contributed by atoms with Gasteiger partial charge >= 0.3 is 0 Å². The lowest BCUT2D eigenvalue weighted by Gasteiger charge is -2.22. The number of aryl methyl sites for hydroxylation is 1. The van der Waals surface area contributed by atoms with Crippen LogP contribution in [-0.4, -0.2) is 45.8 Å². The summed E-state index contributed by atoms with van der Waals surface area (Å²) in [5.74, 6) is -0.369. The van der Waals surface area contributed by atoms with E-state index in [1.807, 2.05) is 18.2 Å². The Kier molecular flexibility index (Phi) is 8.44. The summed E-state index contributed by atoms with van der Waals surface area (Å²) in [6, 6.07) is 16.7. The zero-order valence-electron chi connectivity index (χ0n) is 17.3. The highest BCUT2D eigenvalue weighted by molar-refractivity contribution is 5.83. The minimum Gasteiger partial charge on any atom is -0.396 e. The van der Waals surface area contributed by atoms with Crippen molar-refractivity contribution in [3.8, 4) is 0 Å². The number of nitrogens with zero attached hydrogens (tertiary/aromatic N) is 1. The van der Waals surface area contributed by atoms with Gasteiger partial charge in [-0.05, 0) is 55.0 Å². The van der Waals surface area contributed by atoms with Gasteiger partial charge in [0.2, 0.25) is 5.91 Å². The summed E-state index contributed by atoms with van der Waals surface area (Å²) in [5, 5.41) is 19.0. The molecule has 2 aromatic carbocycles. The fraction of sp³-hybridized carbons (Fsp3) is 0.375. The van der Waals surface area contributed by atoms with Gasteiger partial charge < -0.3 is 10.1 Å². The second-order valence-corrected chi connectivity index (χ2v) is 7.67. The Balaban J connectivity index is 1.59. The number of aliphatic hydroxyl groups excluding tert-OH is 1. The summed E-state index contributed by atoms with van der Waals surface area (Å²) in [5.41, 5.74) is 6.47. The first kappa shape index (κ1) is 22.0. The molecule has 1 heterocycles. The van der Waals surface area contributed by atoms with Gasteiger partial charge in [-0.2, -0.15) is 0 Å². The minimum atomic E-state index is -0.369. The summed E-state index contributed by atoms with van der Waals surface area (Å²) in [6.07, 6.45) is 5.74. The Morgan fingerprint density at radius 3 is 2.50 bits per heavy atom. The number of aliphatic hydroxyl groups is 1. The van der Waals surface area contributed by atoms with Crippen molar-refractivity contribution in [2.45, 2.75) is 38.6 Å². The number of carbonyl (C=O) groups excluding carboxylic acids is 1. The molecule has 0 radical (unpaired) electrons. The molecule has 1 aromatic heterocycles. The largest absolute Gasteiger partial charge is 0.396 e. The number of para-hydroxylation sites is 1.